The van der Waals surface area contributed by atoms with Crippen LogP contribution < -0.4 is 0 Å². The second-order valence-corrected chi connectivity index (χ2v) is 4.14. The van der Waals surface area contributed by atoms with Crippen molar-refractivity contribution < 1.29 is 9.90 Å². The van der Waals surface area contributed by atoms with E-state index in [0.717, 1.165) is 19.3 Å². The van der Waals surface area contributed by atoms with E-state index in [1.165, 1.54) is 0 Å². The van der Waals surface area contributed by atoms with Crippen LogP contribution >= 0.6 is 0 Å². The van der Waals surface area contributed by atoms with Crippen molar-refractivity contribution >= 4 is 5.78 Å². The molecule has 2 atom stereocenters. The van der Waals surface area contributed by atoms with Gasteiger partial charge in [-0.3, -0.25) is 4.79 Å². The molecule has 76 valence electrons. The third kappa shape index (κ3) is 1.95. The number of Topliss-reactive ketones (excluding diaryl/α,β-unsaturated/α-hetero) is 1. The van der Waals surface area contributed by atoms with Gasteiger partial charge in [0.05, 0.1) is 6.10 Å². The molecule has 2 heteroatoms. The highest BCUT2D eigenvalue weighted by Crippen LogP contribution is 2.27. The average Bonchev–Trinajstić information content (AvgIpc) is 2.75. The van der Waals surface area contributed by atoms with Gasteiger partial charge in [0.15, 0.2) is 5.78 Å². The molecule has 0 spiro atoms. The number of carbonyl (C=O) groups excluding carboxylic acids is 1. The third-order valence-electron chi connectivity index (χ3n) is 3.06. The summed E-state index contributed by atoms with van der Waals surface area (Å²) in [6.45, 7) is 0. The summed E-state index contributed by atoms with van der Waals surface area (Å²) >= 11 is 0. The van der Waals surface area contributed by atoms with Gasteiger partial charge >= 0.3 is 0 Å². The molecule has 0 fully saturated rings. The van der Waals surface area contributed by atoms with Crippen LogP contribution in [0.5, 0.6) is 0 Å². The van der Waals surface area contributed by atoms with E-state index >= 15 is 0 Å². The van der Waals surface area contributed by atoms with Gasteiger partial charge in [0.25, 0.3) is 0 Å². The molecule has 2 aliphatic carbocycles. The Morgan fingerprint density at radius 1 is 1.50 bits per heavy atom. The van der Waals surface area contributed by atoms with Gasteiger partial charge in [-0.15, -0.1) is 0 Å². The summed E-state index contributed by atoms with van der Waals surface area (Å²) in [6, 6.07) is 0. The maximum atomic E-state index is 11.3. The van der Waals surface area contributed by atoms with Crippen LogP contribution in [0.2, 0.25) is 0 Å². The van der Waals surface area contributed by atoms with Crippen molar-refractivity contribution in [1.82, 2.24) is 0 Å². The topological polar surface area (TPSA) is 37.3 Å². The zero-order chi connectivity index (χ0) is 9.97. The monoisotopic (exact) mass is 192 g/mol. The zero-order valence-electron chi connectivity index (χ0n) is 8.28. The Morgan fingerprint density at radius 2 is 2.36 bits per heavy atom. The normalized spacial score (nSPS) is 28.2. The Bertz CT molecular complexity index is 289. The van der Waals surface area contributed by atoms with Gasteiger partial charge in [0.2, 0.25) is 0 Å². The Hall–Kier alpha value is -0.890. The molecule has 0 saturated carbocycles. The Balaban J connectivity index is 1.91. The van der Waals surface area contributed by atoms with Crippen LogP contribution in [0, 0.1) is 5.92 Å². The van der Waals surface area contributed by atoms with Crippen molar-refractivity contribution in [3.63, 3.8) is 0 Å². The van der Waals surface area contributed by atoms with E-state index in [-0.39, 0.29) is 5.78 Å². The van der Waals surface area contributed by atoms with Gasteiger partial charge in [-0.05, 0) is 31.6 Å². The van der Waals surface area contributed by atoms with Crippen molar-refractivity contribution in [2.75, 3.05) is 0 Å². The van der Waals surface area contributed by atoms with Crippen LogP contribution in [0.15, 0.2) is 23.8 Å². The standard InChI is InChI=1S/C12H16O2/c13-11-7-3-6-10(11)12(14)8-9-4-1-2-5-9/h1,4,6,9,12,14H,2-3,5,7-8H2/t9-,12+/m1/s1. The van der Waals surface area contributed by atoms with E-state index in [4.69, 9.17) is 0 Å². The molecule has 0 aromatic heterocycles. The molecule has 0 aliphatic heterocycles. The van der Waals surface area contributed by atoms with Gasteiger partial charge in [0, 0.05) is 12.0 Å². The molecule has 0 heterocycles. The molecule has 0 unspecified atom stereocenters. The Kier molecular flexibility index (Phi) is 2.82. The van der Waals surface area contributed by atoms with E-state index < -0.39 is 6.10 Å². The summed E-state index contributed by atoms with van der Waals surface area (Å²) in [5.41, 5.74) is 0.658. The lowest BCUT2D eigenvalue weighted by atomic mass is 9.96. The number of hydrogen-bond acceptors (Lipinski definition) is 2. The maximum Gasteiger partial charge on any atom is 0.161 e. The number of allylic oxidation sites excluding steroid dienone is 3. The van der Waals surface area contributed by atoms with Gasteiger partial charge in [0.1, 0.15) is 0 Å². The molecule has 0 saturated heterocycles. The van der Waals surface area contributed by atoms with Crippen LogP contribution in [-0.2, 0) is 4.79 Å². The number of rotatable bonds is 3. The molecule has 0 amide bonds. The second kappa shape index (κ2) is 4.09. The van der Waals surface area contributed by atoms with Crippen molar-refractivity contribution in [2.45, 2.75) is 38.2 Å². The average molecular weight is 192 g/mol. The fourth-order valence-corrected chi connectivity index (χ4v) is 2.24. The van der Waals surface area contributed by atoms with Crippen molar-refractivity contribution in [1.29, 1.82) is 0 Å². The second-order valence-electron chi connectivity index (χ2n) is 4.14. The molecular weight excluding hydrogens is 176 g/mol. The lowest BCUT2D eigenvalue weighted by molar-refractivity contribution is -0.115. The fourth-order valence-electron chi connectivity index (χ4n) is 2.24. The molecule has 14 heavy (non-hydrogen) atoms. The van der Waals surface area contributed by atoms with Crippen molar-refractivity contribution in [3.8, 4) is 0 Å². The first-order chi connectivity index (χ1) is 6.77. The molecule has 0 aromatic rings. The number of hydrogen-bond donors (Lipinski definition) is 1. The first-order valence-electron chi connectivity index (χ1n) is 5.35. The quantitative estimate of drug-likeness (QED) is 0.694. The van der Waals surface area contributed by atoms with Gasteiger partial charge in [-0.1, -0.05) is 18.2 Å². The summed E-state index contributed by atoms with van der Waals surface area (Å²) < 4.78 is 0. The number of aliphatic hydroxyl groups excluding tert-OH is 1. The number of ketones is 1. The first-order valence-corrected chi connectivity index (χ1v) is 5.35. The van der Waals surface area contributed by atoms with Gasteiger partial charge < -0.3 is 5.11 Å². The Labute approximate surface area is 84.3 Å². The maximum absolute atomic E-state index is 11.3. The minimum atomic E-state index is -0.530. The smallest absolute Gasteiger partial charge is 0.161 e. The number of aliphatic hydroxyl groups is 1. The molecule has 1 N–H and O–H groups in total. The molecule has 0 aromatic carbocycles. The lowest BCUT2D eigenvalue weighted by Crippen LogP contribution is -2.17. The first kappa shape index (κ1) is 9.66. The van der Waals surface area contributed by atoms with E-state index in [0.29, 0.717) is 24.3 Å². The minimum absolute atomic E-state index is 0.138. The highest BCUT2D eigenvalue weighted by atomic mass is 16.3. The molecular formula is C12H16O2. The molecule has 0 radical (unpaired) electrons. The zero-order valence-corrected chi connectivity index (χ0v) is 8.28. The highest BCUT2D eigenvalue weighted by molar-refractivity contribution is 5.98. The number of carbonyl (C=O) groups is 1. The molecule has 0 bridgehead atoms. The predicted molar refractivity (Wildman–Crippen MR) is 54.8 cm³/mol. The summed E-state index contributed by atoms with van der Waals surface area (Å²) in [6.07, 6.45) is 10.0. The van der Waals surface area contributed by atoms with E-state index in [2.05, 4.69) is 12.2 Å². The fraction of sp³-hybridized carbons (Fsp3) is 0.583. The SMILES string of the molecule is O=C1CCC=C1[C@@H](O)C[C@@H]1C=CCC1. The van der Waals surface area contributed by atoms with Gasteiger partial charge in [-0.2, -0.15) is 0 Å². The van der Waals surface area contributed by atoms with Crippen LogP contribution in [0.25, 0.3) is 0 Å². The lowest BCUT2D eigenvalue weighted by Gasteiger charge is -2.14. The third-order valence-corrected chi connectivity index (χ3v) is 3.06. The summed E-state index contributed by atoms with van der Waals surface area (Å²) in [7, 11) is 0. The van der Waals surface area contributed by atoms with E-state index in [9.17, 15) is 9.90 Å². The molecule has 2 rings (SSSR count). The van der Waals surface area contributed by atoms with Crippen LogP contribution in [0.1, 0.15) is 32.1 Å². The summed E-state index contributed by atoms with van der Waals surface area (Å²) in [4.78, 5) is 11.3. The van der Waals surface area contributed by atoms with Crippen LogP contribution in [-0.4, -0.2) is 17.0 Å². The van der Waals surface area contributed by atoms with E-state index in [1.807, 2.05) is 6.08 Å². The minimum Gasteiger partial charge on any atom is -0.388 e. The summed E-state index contributed by atoms with van der Waals surface area (Å²) in [5, 5.41) is 9.86. The van der Waals surface area contributed by atoms with Gasteiger partial charge in [-0.25, -0.2) is 0 Å². The summed E-state index contributed by atoms with van der Waals surface area (Å²) in [5.74, 6) is 0.610. The van der Waals surface area contributed by atoms with Crippen LogP contribution in [0.3, 0.4) is 0 Å². The molecule has 2 aliphatic rings. The van der Waals surface area contributed by atoms with Crippen molar-refractivity contribution in [3.05, 3.63) is 23.8 Å². The largest absolute Gasteiger partial charge is 0.388 e. The molecule has 2 nitrogen and oxygen atoms in total. The highest BCUT2D eigenvalue weighted by Gasteiger charge is 2.24. The van der Waals surface area contributed by atoms with Crippen molar-refractivity contribution in [2.24, 2.45) is 5.92 Å². The van der Waals surface area contributed by atoms with E-state index in [1.54, 1.807) is 0 Å². The predicted octanol–water partition coefficient (Wildman–Crippen LogP) is 1.99. The Morgan fingerprint density at radius 3 is 2.93 bits per heavy atom. The van der Waals surface area contributed by atoms with Crippen LogP contribution in [0.4, 0.5) is 0 Å².